The second-order valence-electron chi connectivity index (χ2n) is 7.76. The normalized spacial score (nSPS) is 17.2. The van der Waals surface area contributed by atoms with Crippen LogP contribution in [0.25, 0.3) is 0 Å². The lowest BCUT2D eigenvalue weighted by Crippen LogP contribution is -2.58. The molecule has 1 aliphatic heterocycles. The van der Waals surface area contributed by atoms with Gasteiger partial charge in [0.15, 0.2) is 0 Å². The standard InChI is InChI=1S/C22H23BrClNO3/c1-2-27-21(26)11-25-13-22(14-25)9-15-4-6-19(7-17(15)10-22)28-12-16-3-5-18(23)8-20(16)24/h3-8H,2,9-14H2,1H3. The molecular weight excluding hydrogens is 442 g/mol. The van der Waals surface area contributed by atoms with Gasteiger partial charge in [0.25, 0.3) is 0 Å². The predicted octanol–water partition coefficient (Wildman–Crippen LogP) is 4.65. The molecule has 0 N–H and O–H groups in total. The first-order chi connectivity index (χ1) is 13.5. The Labute approximate surface area is 178 Å². The monoisotopic (exact) mass is 463 g/mol. The van der Waals surface area contributed by atoms with Crippen LogP contribution in [-0.4, -0.2) is 37.1 Å². The molecule has 2 aromatic carbocycles. The van der Waals surface area contributed by atoms with E-state index in [9.17, 15) is 4.79 Å². The van der Waals surface area contributed by atoms with Crippen LogP contribution in [0.3, 0.4) is 0 Å². The summed E-state index contributed by atoms with van der Waals surface area (Å²) in [6.45, 7) is 5.03. The molecule has 1 heterocycles. The number of rotatable bonds is 6. The fourth-order valence-corrected chi connectivity index (χ4v) is 5.05. The summed E-state index contributed by atoms with van der Waals surface area (Å²) >= 11 is 9.69. The van der Waals surface area contributed by atoms with E-state index in [-0.39, 0.29) is 11.4 Å². The number of hydrogen-bond acceptors (Lipinski definition) is 4. The maximum atomic E-state index is 11.7. The zero-order chi connectivity index (χ0) is 19.7. The van der Waals surface area contributed by atoms with Gasteiger partial charge in [-0.05, 0) is 55.2 Å². The first kappa shape index (κ1) is 19.7. The van der Waals surface area contributed by atoms with Gasteiger partial charge in [-0.3, -0.25) is 9.69 Å². The molecule has 28 heavy (non-hydrogen) atoms. The van der Waals surface area contributed by atoms with E-state index in [4.69, 9.17) is 21.1 Å². The minimum Gasteiger partial charge on any atom is -0.489 e. The Morgan fingerprint density at radius 1 is 1.18 bits per heavy atom. The molecular formula is C22H23BrClNO3. The van der Waals surface area contributed by atoms with Crippen molar-refractivity contribution in [3.05, 3.63) is 62.6 Å². The summed E-state index contributed by atoms with van der Waals surface area (Å²) in [6.07, 6.45) is 2.11. The van der Waals surface area contributed by atoms with Crippen LogP contribution in [0.1, 0.15) is 23.6 Å². The molecule has 2 aromatic rings. The van der Waals surface area contributed by atoms with Gasteiger partial charge in [-0.15, -0.1) is 0 Å². The van der Waals surface area contributed by atoms with Gasteiger partial charge in [0.05, 0.1) is 13.2 Å². The van der Waals surface area contributed by atoms with Crippen LogP contribution < -0.4 is 4.74 Å². The minimum atomic E-state index is -0.129. The highest BCUT2D eigenvalue weighted by atomic mass is 79.9. The van der Waals surface area contributed by atoms with Gasteiger partial charge >= 0.3 is 5.97 Å². The van der Waals surface area contributed by atoms with Gasteiger partial charge in [-0.25, -0.2) is 0 Å². The average molecular weight is 465 g/mol. The van der Waals surface area contributed by atoms with Crippen LogP contribution in [-0.2, 0) is 29.0 Å². The molecule has 0 amide bonds. The Morgan fingerprint density at radius 3 is 2.71 bits per heavy atom. The van der Waals surface area contributed by atoms with Crippen molar-refractivity contribution in [3.63, 3.8) is 0 Å². The second kappa shape index (κ2) is 8.05. The quantitative estimate of drug-likeness (QED) is 0.584. The van der Waals surface area contributed by atoms with Gasteiger partial charge in [0.1, 0.15) is 12.4 Å². The number of fused-ring (bicyclic) bond motifs is 1. The zero-order valence-electron chi connectivity index (χ0n) is 15.8. The van der Waals surface area contributed by atoms with Gasteiger partial charge in [0, 0.05) is 33.6 Å². The summed E-state index contributed by atoms with van der Waals surface area (Å²) < 4.78 is 12.0. The minimum absolute atomic E-state index is 0.129. The van der Waals surface area contributed by atoms with E-state index in [1.165, 1.54) is 11.1 Å². The molecule has 4 rings (SSSR count). The van der Waals surface area contributed by atoms with Crippen molar-refractivity contribution in [1.82, 2.24) is 4.90 Å². The Balaban J connectivity index is 1.34. The number of benzene rings is 2. The van der Waals surface area contributed by atoms with Crippen LogP contribution in [0.5, 0.6) is 5.75 Å². The summed E-state index contributed by atoms with van der Waals surface area (Å²) in [5, 5.41) is 0.700. The third kappa shape index (κ3) is 4.22. The highest BCUT2D eigenvalue weighted by Crippen LogP contribution is 2.44. The Hall–Kier alpha value is -1.56. The molecule has 0 saturated carbocycles. The molecule has 0 atom stereocenters. The smallest absolute Gasteiger partial charge is 0.320 e. The van der Waals surface area contributed by atoms with Gasteiger partial charge in [-0.1, -0.05) is 39.7 Å². The largest absolute Gasteiger partial charge is 0.489 e. The second-order valence-corrected chi connectivity index (χ2v) is 9.08. The van der Waals surface area contributed by atoms with E-state index in [0.717, 1.165) is 41.7 Å². The third-order valence-corrected chi connectivity index (χ3v) is 6.34. The van der Waals surface area contributed by atoms with E-state index in [1.54, 1.807) is 0 Å². The lowest BCUT2D eigenvalue weighted by Gasteiger charge is -2.47. The third-order valence-electron chi connectivity index (χ3n) is 5.49. The molecule has 1 saturated heterocycles. The predicted molar refractivity (Wildman–Crippen MR) is 113 cm³/mol. The van der Waals surface area contributed by atoms with Crippen molar-refractivity contribution in [2.75, 3.05) is 26.2 Å². The summed E-state index contributed by atoms with van der Waals surface area (Å²) in [4.78, 5) is 13.8. The van der Waals surface area contributed by atoms with E-state index in [2.05, 4.69) is 33.0 Å². The molecule has 1 fully saturated rings. The molecule has 6 heteroatoms. The zero-order valence-corrected chi connectivity index (χ0v) is 18.2. The molecule has 0 bridgehead atoms. The van der Waals surface area contributed by atoms with E-state index in [1.807, 2.05) is 31.2 Å². The van der Waals surface area contributed by atoms with Crippen molar-refractivity contribution in [3.8, 4) is 5.75 Å². The Morgan fingerprint density at radius 2 is 1.96 bits per heavy atom. The number of likely N-dealkylation sites (tertiary alicyclic amines) is 1. The summed E-state index contributed by atoms with van der Waals surface area (Å²) in [5.74, 6) is 0.743. The van der Waals surface area contributed by atoms with Crippen LogP contribution in [0.2, 0.25) is 5.02 Å². The fourth-order valence-electron chi connectivity index (χ4n) is 4.33. The van der Waals surface area contributed by atoms with Crippen molar-refractivity contribution < 1.29 is 14.3 Å². The number of carbonyl (C=O) groups excluding carboxylic acids is 1. The summed E-state index contributed by atoms with van der Waals surface area (Å²) in [6, 6.07) is 12.2. The van der Waals surface area contributed by atoms with Crippen LogP contribution in [0.15, 0.2) is 40.9 Å². The first-order valence-corrected chi connectivity index (χ1v) is 10.7. The fraction of sp³-hybridized carbons (Fsp3) is 0.409. The van der Waals surface area contributed by atoms with Gasteiger partial charge in [0.2, 0.25) is 0 Å². The number of hydrogen-bond donors (Lipinski definition) is 0. The molecule has 1 aliphatic carbocycles. The maximum Gasteiger partial charge on any atom is 0.320 e. The molecule has 4 nitrogen and oxygen atoms in total. The number of halogens is 2. The number of esters is 1. The van der Waals surface area contributed by atoms with E-state index >= 15 is 0 Å². The van der Waals surface area contributed by atoms with Crippen LogP contribution >= 0.6 is 27.5 Å². The van der Waals surface area contributed by atoms with Crippen molar-refractivity contribution in [1.29, 1.82) is 0 Å². The Kier molecular flexibility index (Phi) is 5.68. The summed E-state index contributed by atoms with van der Waals surface area (Å²) in [5.41, 5.74) is 3.98. The topological polar surface area (TPSA) is 38.8 Å². The van der Waals surface area contributed by atoms with Crippen LogP contribution in [0, 0.1) is 5.41 Å². The van der Waals surface area contributed by atoms with Crippen molar-refractivity contribution in [2.45, 2.75) is 26.4 Å². The lowest BCUT2D eigenvalue weighted by molar-refractivity contribution is -0.147. The lowest BCUT2D eigenvalue weighted by atomic mass is 9.77. The maximum absolute atomic E-state index is 11.7. The molecule has 0 aromatic heterocycles. The van der Waals surface area contributed by atoms with E-state index in [0.29, 0.717) is 24.8 Å². The van der Waals surface area contributed by atoms with E-state index < -0.39 is 0 Å². The molecule has 0 unspecified atom stereocenters. The molecule has 2 aliphatic rings. The Bertz CT molecular complexity index is 895. The van der Waals surface area contributed by atoms with Crippen molar-refractivity contribution in [2.24, 2.45) is 5.41 Å². The molecule has 0 radical (unpaired) electrons. The SMILES string of the molecule is CCOC(=O)CN1CC2(Cc3ccc(OCc4ccc(Br)cc4Cl)cc3C2)C1. The highest BCUT2D eigenvalue weighted by molar-refractivity contribution is 9.10. The number of ether oxygens (including phenoxy) is 2. The number of carbonyl (C=O) groups is 1. The average Bonchev–Trinajstić information content (AvgIpc) is 2.99. The molecule has 1 spiro atoms. The van der Waals surface area contributed by atoms with Gasteiger partial charge < -0.3 is 9.47 Å². The molecule has 148 valence electrons. The van der Waals surface area contributed by atoms with Crippen molar-refractivity contribution >= 4 is 33.5 Å². The van der Waals surface area contributed by atoms with Gasteiger partial charge in [-0.2, -0.15) is 0 Å². The first-order valence-electron chi connectivity index (χ1n) is 9.53. The highest BCUT2D eigenvalue weighted by Gasteiger charge is 2.47. The number of nitrogens with zero attached hydrogens (tertiary/aromatic N) is 1. The van der Waals surface area contributed by atoms with Crippen LogP contribution in [0.4, 0.5) is 0 Å². The summed E-state index contributed by atoms with van der Waals surface area (Å²) in [7, 11) is 0.